The van der Waals surface area contributed by atoms with Crippen LogP contribution < -0.4 is 10.1 Å². The molecule has 0 saturated heterocycles. The topological polar surface area (TPSA) is 67.3 Å². The van der Waals surface area contributed by atoms with Crippen LogP contribution in [0.15, 0.2) is 42.5 Å². The van der Waals surface area contributed by atoms with E-state index >= 15 is 0 Å². The van der Waals surface area contributed by atoms with E-state index in [4.69, 9.17) is 9.84 Å². The van der Waals surface area contributed by atoms with E-state index in [1.54, 1.807) is 55.6 Å². The molecule has 0 aliphatic rings. The zero-order valence-electron chi connectivity index (χ0n) is 15.1. The number of aromatic nitrogens is 2. The number of alkyl halides is 1. The molecule has 1 atom stereocenters. The van der Waals surface area contributed by atoms with Crippen molar-refractivity contribution in [1.82, 2.24) is 9.97 Å². The van der Waals surface area contributed by atoms with E-state index in [2.05, 4.69) is 15.3 Å². The summed E-state index contributed by atoms with van der Waals surface area (Å²) in [5, 5.41) is 12.6. The molecule has 8 heteroatoms. The molecule has 0 spiro atoms. The Kier molecular flexibility index (Phi) is 6.67. The van der Waals surface area contributed by atoms with Crippen LogP contribution in [0.4, 0.5) is 14.6 Å². The predicted molar refractivity (Wildman–Crippen MR) is 109 cm³/mol. The van der Waals surface area contributed by atoms with Crippen LogP contribution in [0, 0.1) is 5.95 Å². The van der Waals surface area contributed by atoms with Gasteiger partial charge in [0, 0.05) is 12.6 Å². The normalized spacial score (nSPS) is 12.9. The number of allylic oxidation sites excluding steroid dienone is 2. The number of halogens is 2. The molecule has 0 fully saturated rings. The van der Waals surface area contributed by atoms with Crippen LogP contribution in [-0.2, 0) is 0 Å². The van der Waals surface area contributed by atoms with Crippen LogP contribution in [0.1, 0.15) is 10.6 Å². The fourth-order valence-electron chi connectivity index (χ4n) is 2.38. The average molecular weight is 403 g/mol. The number of pyridine rings is 1. The van der Waals surface area contributed by atoms with Gasteiger partial charge >= 0.3 is 0 Å². The molecule has 2 aromatic heterocycles. The summed E-state index contributed by atoms with van der Waals surface area (Å²) in [6.07, 6.45) is 6.06. The van der Waals surface area contributed by atoms with Crippen molar-refractivity contribution in [2.24, 2.45) is 0 Å². The Morgan fingerprint density at radius 3 is 2.75 bits per heavy atom. The lowest BCUT2D eigenvalue weighted by Crippen LogP contribution is -2.23. The fraction of sp³-hybridized carbons (Fsp3) is 0.200. The minimum absolute atomic E-state index is 0.384. The van der Waals surface area contributed by atoms with Crippen molar-refractivity contribution in [3.05, 3.63) is 59.0 Å². The minimum atomic E-state index is -0.869. The molecule has 0 aliphatic heterocycles. The largest absolute Gasteiger partial charge is 0.485 e. The zero-order valence-corrected chi connectivity index (χ0v) is 15.9. The van der Waals surface area contributed by atoms with Crippen LogP contribution in [0.5, 0.6) is 5.75 Å². The van der Waals surface area contributed by atoms with Gasteiger partial charge in [0.15, 0.2) is 0 Å². The molecule has 146 valence electrons. The van der Waals surface area contributed by atoms with Crippen molar-refractivity contribution in [2.75, 3.05) is 25.6 Å². The molecule has 28 heavy (non-hydrogen) atoms. The molecule has 3 rings (SSSR count). The van der Waals surface area contributed by atoms with E-state index in [1.165, 1.54) is 11.3 Å². The lowest BCUT2D eigenvalue weighted by molar-refractivity contribution is 0.0933. The number of fused-ring (bicyclic) bond motifs is 1. The number of nitrogens with zero attached hydrogens (tertiary/aromatic N) is 2. The number of aliphatic hydroxyl groups is 1. The maximum Gasteiger partial charge on any atom is 0.222 e. The standard InChI is InChI=1S/C20H19F2N3O2S/c1-23-18-9-6-13(20(22)25-18)4-2-3-5-19-24-16-8-7-14(10-17(16)28-19)27-15(11-21)12-26/h2-10,15,26H,11-12H2,1H3,(H,23,25)/b4-2+,5-3+. The van der Waals surface area contributed by atoms with E-state index in [0.717, 1.165) is 15.2 Å². The Morgan fingerprint density at radius 2 is 2.04 bits per heavy atom. The molecule has 2 N–H and O–H groups in total. The van der Waals surface area contributed by atoms with Crippen molar-refractivity contribution >= 4 is 39.5 Å². The molecule has 1 aromatic carbocycles. The number of ether oxygens (including phenoxy) is 1. The SMILES string of the molecule is CNc1ccc(/C=C/C=C/c2nc3ccc(OC(CO)CF)cc3s2)c(F)n1. The zero-order chi connectivity index (χ0) is 19.9. The molecule has 3 aromatic rings. The highest BCUT2D eigenvalue weighted by Gasteiger charge is 2.10. The first-order valence-corrected chi connectivity index (χ1v) is 9.37. The van der Waals surface area contributed by atoms with Gasteiger partial charge in [0.25, 0.3) is 0 Å². The van der Waals surface area contributed by atoms with E-state index in [9.17, 15) is 8.78 Å². The first-order chi connectivity index (χ1) is 13.6. The monoisotopic (exact) mass is 403 g/mol. The molecule has 5 nitrogen and oxygen atoms in total. The summed E-state index contributed by atoms with van der Waals surface area (Å²) < 4.78 is 32.8. The smallest absolute Gasteiger partial charge is 0.222 e. The maximum atomic E-state index is 13.8. The Hall–Kier alpha value is -2.84. The Balaban J connectivity index is 1.70. The Morgan fingerprint density at radius 1 is 1.21 bits per heavy atom. The van der Waals surface area contributed by atoms with Crippen molar-refractivity contribution in [3.8, 4) is 5.75 Å². The average Bonchev–Trinajstić information content (AvgIpc) is 3.12. The summed E-state index contributed by atoms with van der Waals surface area (Å²) in [6, 6.07) is 8.59. The second-order valence-corrected chi connectivity index (χ2v) is 6.87. The summed E-state index contributed by atoms with van der Waals surface area (Å²) >= 11 is 1.45. The second-order valence-electron chi connectivity index (χ2n) is 5.80. The van der Waals surface area contributed by atoms with Crippen molar-refractivity contribution in [2.45, 2.75) is 6.10 Å². The summed E-state index contributed by atoms with van der Waals surface area (Å²) in [6.45, 7) is -1.14. The molecule has 2 heterocycles. The molecule has 0 amide bonds. The summed E-state index contributed by atoms with van der Waals surface area (Å²) in [4.78, 5) is 8.27. The van der Waals surface area contributed by atoms with Gasteiger partial charge in [-0.3, -0.25) is 0 Å². The van der Waals surface area contributed by atoms with Crippen LogP contribution in [0.2, 0.25) is 0 Å². The van der Waals surface area contributed by atoms with Gasteiger partial charge in [-0.25, -0.2) is 14.4 Å². The molecular formula is C20H19F2N3O2S. The van der Waals surface area contributed by atoms with Gasteiger partial charge in [0.1, 0.15) is 29.4 Å². The first kappa shape index (κ1) is 19.9. The van der Waals surface area contributed by atoms with E-state index < -0.39 is 18.7 Å². The third kappa shape index (κ3) is 4.90. The second kappa shape index (κ2) is 9.38. The van der Waals surface area contributed by atoms with Gasteiger partial charge in [-0.2, -0.15) is 4.39 Å². The summed E-state index contributed by atoms with van der Waals surface area (Å²) in [7, 11) is 1.68. The first-order valence-electron chi connectivity index (χ1n) is 8.56. The van der Waals surface area contributed by atoms with Crippen molar-refractivity contribution in [3.63, 3.8) is 0 Å². The molecule has 1 unspecified atom stereocenters. The quantitative estimate of drug-likeness (QED) is 0.433. The van der Waals surface area contributed by atoms with Gasteiger partial charge in [-0.05, 0) is 36.4 Å². The fourth-order valence-corrected chi connectivity index (χ4v) is 3.29. The summed E-state index contributed by atoms with van der Waals surface area (Å²) in [5.41, 5.74) is 1.18. The highest BCUT2D eigenvalue weighted by atomic mass is 32.1. The minimum Gasteiger partial charge on any atom is -0.485 e. The Labute approximate surface area is 165 Å². The molecule has 0 saturated carbocycles. The van der Waals surface area contributed by atoms with Crippen LogP contribution in [0.25, 0.3) is 22.4 Å². The van der Waals surface area contributed by atoms with Gasteiger partial charge in [0.05, 0.1) is 16.8 Å². The molecule has 0 aliphatic carbocycles. The van der Waals surface area contributed by atoms with E-state index in [1.807, 2.05) is 6.08 Å². The molecule has 0 radical (unpaired) electrons. The van der Waals surface area contributed by atoms with Gasteiger partial charge in [0.2, 0.25) is 5.95 Å². The molecular weight excluding hydrogens is 384 g/mol. The van der Waals surface area contributed by atoms with E-state index in [0.29, 0.717) is 17.1 Å². The lowest BCUT2D eigenvalue weighted by atomic mass is 10.2. The number of aliphatic hydroxyl groups excluding tert-OH is 1. The van der Waals surface area contributed by atoms with Gasteiger partial charge < -0.3 is 15.2 Å². The van der Waals surface area contributed by atoms with Crippen LogP contribution in [-0.4, -0.2) is 41.5 Å². The van der Waals surface area contributed by atoms with Gasteiger partial charge in [-0.15, -0.1) is 11.3 Å². The van der Waals surface area contributed by atoms with Gasteiger partial charge in [-0.1, -0.05) is 18.2 Å². The Bertz CT molecular complexity index is 1000. The number of nitrogens with one attached hydrogen (secondary N) is 1. The summed E-state index contributed by atoms with van der Waals surface area (Å²) in [5.74, 6) is 0.412. The van der Waals surface area contributed by atoms with Crippen molar-refractivity contribution in [1.29, 1.82) is 0 Å². The lowest BCUT2D eigenvalue weighted by Gasteiger charge is -2.12. The highest BCUT2D eigenvalue weighted by Crippen LogP contribution is 2.27. The maximum absolute atomic E-state index is 13.8. The number of hydrogen-bond donors (Lipinski definition) is 2. The third-order valence-electron chi connectivity index (χ3n) is 3.81. The number of hydrogen-bond acceptors (Lipinski definition) is 6. The van der Waals surface area contributed by atoms with Crippen molar-refractivity contribution < 1.29 is 18.6 Å². The number of rotatable bonds is 8. The van der Waals surface area contributed by atoms with E-state index in [-0.39, 0.29) is 6.61 Å². The predicted octanol–water partition coefficient (Wildman–Crippen LogP) is 4.31. The molecule has 0 bridgehead atoms. The van der Waals surface area contributed by atoms with Crippen LogP contribution >= 0.6 is 11.3 Å². The number of thiazole rings is 1. The van der Waals surface area contributed by atoms with Crippen LogP contribution in [0.3, 0.4) is 0 Å². The number of anilines is 1. The third-order valence-corrected chi connectivity index (χ3v) is 4.80. The highest BCUT2D eigenvalue weighted by molar-refractivity contribution is 7.19. The number of benzene rings is 1.